The smallest absolute Gasteiger partial charge is 0.149 e. The average Bonchev–Trinajstić information content (AvgIpc) is 3.55. The van der Waals surface area contributed by atoms with Gasteiger partial charge >= 0.3 is 0 Å². The Bertz CT molecular complexity index is 2400. The molecule has 49 heavy (non-hydrogen) atoms. The summed E-state index contributed by atoms with van der Waals surface area (Å²) < 4.78 is 2.13. The number of benzene rings is 6. The number of nitrogens with zero attached hydrogens (tertiary/aromatic N) is 3. The van der Waals surface area contributed by atoms with Crippen molar-refractivity contribution < 1.29 is 5.11 Å². The Kier molecular flexibility index (Phi) is 7.62. The number of pyridine rings is 1. The maximum absolute atomic E-state index is 10.9. The Morgan fingerprint density at radius 3 is 1.88 bits per heavy atom. The molecule has 0 fully saturated rings. The maximum atomic E-state index is 10.9. The zero-order chi connectivity index (χ0) is 33.4. The first-order valence-electron chi connectivity index (χ1n) is 16.6. The van der Waals surface area contributed by atoms with Gasteiger partial charge in [-0.1, -0.05) is 123 Å². The van der Waals surface area contributed by atoms with Crippen molar-refractivity contribution in [2.45, 2.75) is 19.3 Å². The highest BCUT2D eigenvalue weighted by Crippen LogP contribution is 2.40. The van der Waals surface area contributed by atoms with Gasteiger partial charge in [-0.25, -0.2) is 4.98 Å². The molecule has 2 heterocycles. The second-order valence-corrected chi connectivity index (χ2v) is 12.9. The van der Waals surface area contributed by atoms with Crippen molar-refractivity contribution in [3.63, 3.8) is 0 Å². The lowest BCUT2D eigenvalue weighted by atomic mass is 9.79. The molecule has 0 radical (unpaired) electrons. The molecule has 0 aliphatic rings. The molecule has 0 bridgehead atoms. The van der Waals surface area contributed by atoms with E-state index in [1.54, 1.807) is 6.07 Å². The molecule has 4 heteroatoms. The molecule has 0 saturated heterocycles. The SMILES string of the molecule is CC(C)(c1ccccc1)c1ccc(-c2cc(-c3ccccc3)cc(-c3cccc4c3nc(-c3ccccc3O)n4-c3ccccc3)c2)nc1. The number of rotatable bonds is 7. The monoisotopic (exact) mass is 633 g/mol. The fraction of sp³-hybridized carbons (Fsp3) is 0.0667. The maximum Gasteiger partial charge on any atom is 0.149 e. The quantitative estimate of drug-likeness (QED) is 0.190. The Labute approximate surface area is 286 Å². The molecule has 0 unspecified atom stereocenters. The highest BCUT2D eigenvalue weighted by molar-refractivity contribution is 5.97. The molecular formula is C45H35N3O. The second kappa shape index (κ2) is 12.4. The molecular weight excluding hydrogens is 599 g/mol. The average molecular weight is 634 g/mol. The van der Waals surface area contributed by atoms with Gasteiger partial charge in [0.15, 0.2) is 0 Å². The van der Waals surface area contributed by atoms with Crippen molar-refractivity contribution in [2.24, 2.45) is 0 Å². The Morgan fingerprint density at radius 1 is 0.531 bits per heavy atom. The van der Waals surface area contributed by atoms with Crippen LogP contribution in [-0.4, -0.2) is 19.6 Å². The van der Waals surface area contributed by atoms with Crippen LogP contribution >= 0.6 is 0 Å². The minimum atomic E-state index is -0.179. The van der Waals surface area contributed by atoms with Crippen molar-refractivity contribution >= 4 is 11.0 Å². The van der Waals surface area contributed by atoms with Gasteiger partial charge in [-0.15, -0.1) is 0 Å². The first-order chi connectivity index (χ1) is 24.0. The predicted molar refractivity (Wildman–Crippen MR) is 201 cm³/mol. The van der Waals surface area contributed by atoms with Crippen LogP contribution in [0.3, 0.4) is 0 Å². The largest absolute Gasteiger partial charge is 0.507 e. The lowest BCUT2D eigenvalue weighted by Gasteiger charge is -2.25. The third-order valence-electron chi connectivity index (χ3n) is 9.47. The van der Waals surface area contributed by atoms with Crippen LogP contribution in [0.4, 0.5) is 0 Å². The summed E-state index contributed by atoms with van der Waals surface area (Å²) in [6, 6.07) is 55.9. The molecule has 2 aromatic heterocycles. The lowest BCUT2D eigenvalue weighted by molar-refractivity contribution is 0.477. The van der Waals surface area contributed by atoms with Crippen LogP contribution in [0.5, 0.6) is 5.75 Å². The van der Waals surface area contributed by atoms with Crippen molar-refractivity contribution in [3.8, 4) is 56.3 Å². The number of phenolic OH excluding ortho intramolecular Hbond substituents is 1. The van der Waals surface area contributed by atoms with Gasteiger partial charge in [0.05, 0.1) is 22.3 Å². The van der Waals surface area contributed by atoms with Crippen LogP contribution in [-0.2, 0) is 5.41 Å². The number of fused-ring (bicyclic) bond motifs is 1. The van der Waals surface area contributed by atoms with Crippen molar-refractivity contribution in [1.29, 1.82) is 0 Å². The summed E-state index contributed by atoms with van der Waals surface area (Å²) in [4.78, 5) is 10.3. The summed E-state index contributed by atoms with van der Waals surface area (Å²) in [5.41, 5.74) is 11.9. The molecule has 0 atom stereocenters. The van der Waals surface area contributed by atoms with Crippen LogP contribution in [0.2, 0.25) is 0 Å². The van der Waals surface area contributed by atoms with Crippen molar-refractivity contribution in [1.82, 2.24) is 14.5 Å². The molecule has 236 valence electrons. The minimum Gasteiger partial charge on any atom is -0.507 e. The Hall–Kier alpha value is -6.26. The molecule has 0 aliphatic carbocycles. The van der Waals surface area contributed by atoms with Gasteiger partial charge in [-0.3, -0.25) is 9.55 Å². The summed E-state index contributed by atoms with van der Waals surface area (Å²) in [5, 5.41) is 10.9. The van der Waals surface area contributed by atoms with Crippen LogP contribution in [0.1, 0.15) is 25.0 Å². The molecule has 8 rings (SSSR count). The summed E-state index contributed by atoms with van der Waals surface area (Å²) in [7, 11) is 0. The zero-order valence-corrected chi connectivity index (χ0v) is 27.5. The van der Waals surface area contributed by atoms with Crippen LogP contribution in [0, 0.1) is 0 Å². The van der Waals surface area contributed by atoms with Gasteiger partial charge in [0, 0.05) is 28.4 Å². The van der Waals surface area contributed by atoms with Gasteiger partial charge in [-0.05, 0) is 82.4 Å². The number of phenols is 1. The number of aromatic hydroxyl groups is 1. The fourth-order valence-electron chi connectivity index (χ4n) is 6.70. The molecule has 0 aliphatic heterocycles. The van der Waals surface area contributed by atoms with Gasteiger partial charge in [0.2, 0.25) is 0 Å². The molecule has 0 saturated carbocycles. The standard InChI is InChI=1S/C45H35N3O/c1-45(2,35-17-8-4-9-18-35)36-25-26-40(46-30-36)34-28-32(31-15-6-3-7-16-31)27-33(29-34)38-22-14-23-41-43(38)47-44(39-21-12-13-24-42(39)49)48(41)37-19-10-5-11-20-37/h3-30,49H,1-2H3. The van der Waals surface area contributed by atoms with Gasteiger partial charge in [-0.2, -0.15) is 0 Å². The predicted octanol–water partition coefficient (Wildman–Crippen LogP) is 11.1. The van der Waals surface area contributed by atoms with Crippen LogP contribution in [0.15, 0.2) is 170 Å². The van der Waals surface area contributed by atoms with E-state index in [0.717, 1.165) is 55.8 Å². The number of para-hydroxylation sites is 3. The van der Waals surface area contributed by atoms with E-state index in [1.807, 2.05) is 48.7 Å². The number of hydrogen-bond donors (Lipinski definition) is 1. The van der Waals surface area contributed by atoms with E-state index in [9.17, 15) is 5.11 Å². The number of aromatic nitrogens is 3. The highest BCUT2D eigenvalue weighted by atomic mass is 16.3. The summed E-state index contributed by atoms with van der Waals surface area (Å²) in [6.07, 6.45) is 2.01. The van der Waals surface area contributed by atoms with E-state index < -0.39 is 0 Å². The van der Waals surface area contributed by atoms with Gasteiger partial charge < -0.3 is 5.11 Å². The van der Waals surface area contributed by atoms with E-state index in [-0.39, 0.29) is 11.2 Å². The van der Waals surface area contributed by atoms with Gasteiger partial charge in [0.25, 0.3) is 0 Å². The zero-order valence-electron chi connectivity index (χ0n) is 27.5. The van der Waals surface area contributed by atoms with Crippen molar-refractivity contribution in [3.05, 3.63) is 181 Å². The van der Waals surface area contributed by atoms with E-state index in [1.165, 1.54) is 5.56 Å². The van der Waals surface area contributed by atoms with E-state index in [2.05, 4.69) is 134 Å². The summed E-state index contributed by atoms with van der Waals surface area (Å²) in [6.45, 7) is 4.48. The first-order valence-corrected chi connectivity index (χ1v) is 16.6. The molecule has 0 amide bonds. The van der Waals surface area contributed by atoms with Crippen LogP contribution < -0.4 is 0 Å². The normalized spacial score (nSPS) is 11.6. The van der Waals surface area contributed by atoms with E-state index in [4.69, 9.17) is 9.97 Å². The van der Waals surface area contributed by atoms with E-state index >= 15 is 0 Å². The second-order valence-electron chi connectivity index (χ2n) is 12.9. The fourth-order valence-corrected chi connectivity index (χ4v) is 6.70. The number of imidazole rings is 1. The molecule has 4 nitrogen and oxygen atoms in total. The van der Waals surface area contributed by atoms with E-state index in [0.29, 0.717) is 11.4 Å². The molecule has 0 spiro atoms. The molecule has 8 aromatic rings. The topological polar surface area (TPSA) is 50.9 Å². The first kappa shape index (κ1) is 30.1. The van der Waals surface area contributed by atoms with Gasteiger partial charge in [0.1, 0.15) is 11.6 Å². The van der Waals surface area contributed by atoms with Crippen LogP contribution in [0.25, 0.3) is 61.6 Å². The minimum absolute atomic E-state index is 0.179. The highest BCUT2D eigenvalue weighted by Gasteiger charge is 2.24. The Morgan fingerprint density at radius 2 is 1.16 bits per heavy atom. The Balaban J connectivity index is 1.31. The van der Waals surface area contributed by atoms with Crippen molar-refractivity contribution in [2.75, 3.05) is 0 Å². The molecule has 1 N–H and O–H groups in total. The number of hydrogen-bond acceptors (Lipinski definition) is 3. The third kappa shape index (κ3) is 5.57. The third-order valence-corrected chi connectivity index (χ3v) is 9.47. The summed E-state index contributed by atoms with van der Waals surface area (Å²) in [5.74, 6) is 0.874. The summed E-state index contributed by atoms with van der Waals surface area (Å²) >= 11 is 0. The lowest BCUT2D eigenvalue weighted by Crippen LogP contribution is -2.18. The molecule has 6 aromatic carbocycles.